The normalized spacial score (nSPS) is 28.6. The van der Waals surface area contributed by atoms with Gasteiger partial charge in [-0.05, 0) is 7.05 Å². The quantitative estimate of drug-likeness (QED) is 0.593. The van der Waals surface area contributed by atoms with Crippen LogP contribution in [0.1, 0.15) is 0 Å². The molecule has 0 aromatic heterocycles. The molecule has 0 unspecified atom stereocenters. The smallest absolute Gasteiger partial charge is 0.347 e. The second kappa shape index (κ2) is 4.33. The molecule has 2 rings (SSSR count). The van der Waals surface area contributed by atoms with E-state index in [1.54, 1.807) is 0 Å². The van der Waals surface area contributed by atoms with Gasteiger partial charge in [-0.3, -0.25) is 0 Å². The monoisotopic (exact) mass is 233 g/mol. The fourth-order valence-corrected chi connectivity index (χ4v) is 5.44. The van der Waals surface area contributed by atoms with E-state index < -0.39 is 8.56 Å². The van der Waals surface area contributed by atoms with Gasteiger partial charge in [0.05, 0.1) is 0 Å². The maximum absolute atomic E-state index is 5.98. The number of allylic oxidation sites excluding steroid dienone is 2. The van der Waals surface area contributed by atoms with Gasteiger partial charge in [-0.25, -0.2) is 0 Å². The third-order valence-corrected chi connectivity index (χ3v) is 6.47. The van der Waals surface area contributed by atoms with Crippen molar-refractivity contribution in [3.63, 3.8) is 0 Å². The van der Waals surface area contributed by atoms with Crippen molar-refractivity contribution in [3.8, 4) is 0 Å². The molecule has 0 N–H and O–H groups in total. The molecular formula is C9H16ClNO2Si. The molecule has 0 amide bonds. The van der Waals surface area contributed by atoms with E-state index >= 15 is 0 Å². The molecule has 0 aromatic rings. The topological polar surface area (TPSA) is 21.7 Å². The molecular weight excluding hydrogens is 218 g/mol. The maximum atomic E-state index is 5.98. The first-order chi connectivity index (χ1) is 6.70. The SMILES string of the molecule is CN1CCO[Si]2(CC=C(Cl)C2)OCC1. The van der Waals surface area contributed by atoms with Crippen molar-refractivity contribution in [2.24, 2.45) is 0 Å². The van der Waals surface area contributed by atoms with Crippen molar-refractivity contribution in [1.82, 2.24) is 4.90 Å². The van der Waals surface area contributed by atoms with Crippen molar-refractivity contribution in [3.05, 3.63) is 11.1 Å². The Bertz CT molecular complexity index is 237. The molecule has 80 valence electrons. The Morgan fingerprint density at radius 2 is 2.00 bits per heavy atom. The summed E-state index contributed by atoms with van der Waals surface area (Å²) in [7, 11) is 0.143. The van der Waals surface area contributed by atoms with Gasteiger partial charge in [-0.2, -0.15) is 0 Å². The largest absolute Gasteiger partial charge is 0.392 e. The zero-order valence-electron chi connectivity index (χ0n) is 8.46. The van der Waals surface area contributed by atoms with Crippen LogP contribution in [0.3, 0.4) is 0 Å². The average molecular weight is 234 g/mol. The Hall–Kier alpha value is 0.127. The summed E-state index contributed by atoms with van der Waals surface area (Å²) >= 11 is 5.98. The van der Waals surface area contributed by atoms with Gasteiger partial charge in [0.15, 0.2) is 0 Å². The van der Waals surface area contributed by atoms with E-state index in [4.69, 9.17) is 20.5 Å². The lowest BCUT2D eigenvalue weighted by molar-refractivity contribution is 0.109. The first-order valence-electron chi connectivity index (χ1n) is 5.01. The van der Waals surface area contributed by atoms with Gasteiger partial charge in [-0.1, -0.05) is 17.7 Å². The second-order valence-electron chi connectivity index (χ2n) is 3.94. The zero-order valence-corrected chi connectivity index (χ0v) is 10.2. The lowest BCUT2D eigenvalue weighted by Crippen LogP contribution is -2.46. The van der Waals surface area contributed by atoms with Gasteiger partial charge in [0.25, 0.3) is 0 Å². The predicted molar refractivity (Wildman–Crippen MR) is 58.7 cm³/mol. The number of likely N-dealkylation sites (N-methyl/N-ethyl adjacent to an activating group) is 1. The lowest BCUT2D eigenvalue weighted by atomic mass is 10.5. The Morgan fingerprint density at radius 3 is 2.50 bits per heavy atom. The highest BCUT2D eigenvalue weighted by Crippen LogP contribution is 2.33. The van der Waals surface area contributed by atoms with Crippen LogP contribution in [0.15, 0.2) is 11.1 Å². The van der Waals surface area contributed by atoms with Crippen LogP contribution in [0.25, 0.3) is 0 Å². The van der Waals surface area contributed by atoms with Crippen molar-refractivity contribution in [2.45, 2.75) is 12.1 Å². The van der Waals surface area contributed by atoms with Crippen molar-refractivity contribution in [2.75, 3.05) is 33.4 Å². The molecule has 0 saturated carbocycles. The van der Waals surface area contributed by atoms with Crippen LogP contribution in [-0.4, -0.2) is 46.8 Å². The fraction of sp³-hybridized carbons (Fsp3) is 0.778. The van der Waals surface area contributed by atoms with Crippen molar-refractivity contribution >= 4 is 20.2 Å². The number of rotatable bonds is 0. The Kier molecular flexibility index (Phi) is 3.29. The summed E-state index contributed by atoms with van der Waals surface area (Å²) in [6.45, 7) is 3.55. The summed E-state index contributed by atoms with van der Waals surface area (Å²) in [5.41, 5.74) is 0. The highest BCUT2D eigenvalue weighted by Gasteiger charge is 2.42. The van der Waals surface area contributed by atoms with Crippen LogP contribution >= 0.6 is 11.6 Å². The van der Waals surface area contributed by atoms with Gasteiger partial charge in [0.1, 0.15) is 0 Å². The highest BCUT2D eigenvalue weighted by atomic mass is 35.5. The van der Waals surface area contributed by atoms with Crippen molar-refractivity contribution in [1.29, 1.82) is 0 Å². The average Bonchev–Trinajstić information content (AvgIpc) is 2.46. The molecule has 2 heterocycles. The Balaban J connectivity index is 1.94. The second-order valence-corrected chi connectivity index (χ2v) is 7.59. The molecule has 1 fully saturated rings. The first kappa shape index (κ1) is 10.6. The van der Waals surface area contributed by atoms with Gasteiger partial charge in [0, 0.05) is 43.4 Å². The molecule has 5 heteroatoms. The van der Waals surface area contributed by atoms with Gasteiger partial charge < -0.3 is 13.8 Å². The first-order valence-corrected chi connectivity index (χ1v) is 7.62. The van der Waals surface area contributed by atoms with E-state index in [-0.39, 0.29) is 0 Å². The van der Waals surface area contributed by atoms with Crippen LogP contribution in [0, 0.1) is 0 Å². The lowest BCUT2D eigenvalue weighted by Gasteiger charge is -2.31. The highest BCUT2D eigenvalue weighted by molar-refractivity contribution is 6.71. The van der Waals surface area contributed by atoms with Crippen LogP contribution in [0.5, 0.6) is 0 Å². The maximum Gasteiger partial charge on any atom is 0.347 e. The van der Waals surface area contributed by atoms with E-state index in [1.165, 1.54) is 0 Å². The van der Waals surface area contributed by atoms with Gasteiger partial charge in [0.2, 0.25) is 0 Å². The van der Waals surface area contributed by atoms with E-state index in [1.807, 2.05) is 0 Å². The minimum Gasteiger partial charge on any atom is -0.392 e. The molecule has 0 radical (unpaired) electrons. The Labute approximate surface area is 90.9 Å². The van der Waals surface area contributed by atoms with E-state index in [9.17, 15) is 0 Å². The van der Waals surface area contributed by atoms with Gasteiger partial charge >= 0.3 is 8.56 Å². The minimum atomic E-state index is -1.95. The molecule has 0 aromatic carbocycles. The summed E-state index contributed by atoms with van der Waals surface area (Å²) in [5.74, 6) is 0. The molecule has 2 aliphatic heterocycles. The minimum absolute atomic E-state index is 0.779. The predicted octanol–water partition coefficient (Wildman–Crippen LogP) is 1.54. The molecule has 14 heavy (non-hydrogen) atoms. The van der Waals surface area contributed by atoms with Gasteiger partial charge in [-0.15, -0.1) is 0 Å². The Morgan fingerprint density at radius 1 is 1.36 bits per heavy atom. The summed E-state index contributed by atoms with van der Waals surface area (Å²) in [6, 6.07) is 1.77. The summed E-state index contributed by atoms with van der Waals surface area (Å²) < 4.78 is 11.8. The molecule has 0 bridgehead atoms. The van der Waals surface area contributed by atoms with E-state index in [0.29, 0.717) is 0 Å². The summed E-state index contributed by atoms with van der Waals surface area (Å²) in [5, 5.41) is 0.922. The summed E-state index contributed by atoms with van der Waals surface area (Å²) in [6.07, 6.45) is 2.05. The third-order valence-electron chi connectivity index (χ3n) is 2.75. The molecule has 1 saturated heterocycles. The summed E-state index contributed by atoms with van der Waals surface area (Å²) in [4.78, 5) is 2.23. The molecule has 2 aliphatic rings. The number of nitrogens with zero attached hydrogens (tertiary/aromatic N) is 1. The number of hydrogen-bond donors (Lipinski definition) is 0. The van der Waals surface area contributed by atoms with Crippen LogP contribution < -0.4 is 0 Å². The molecule has 3 nitrogen and oxygen atoms in total. The molecule has 1 spiro atoms. The molecule has 0 atom stereocenters. The standard InChI is InChI=1S/C9H16ClNO2Si/c1-11-3-5-12-14(13-6-4-11)7-2-9(10)8-14/h2H,3-8H2,1H3. The fourth-order valence-electron chi connectivity index (χ4n) is 1.82. The van der Waals surface area contributed by atoms with Crippen LogP contribution in [0.4, 0.5) is 0 Å². The zero-order chi connectivity index (χ0) is 10.0. The van der Waals surface area contributed by atoms with Crippen molar-refractivity contribution < 1.29 is 8.85 Å². The van der Waals surface area contributed by atoms with E-state index in [0.717, 1.165) is 43.4 Å². The number of halogens is 1. The third kappa shape index (κ3) is 2.38. The van der Waals surface area contributed by atoms with E-state index in [2.05, 4.69) is 18.0 Å². The van der Waals surface area contributed by atoms with Crippen LogP contribution in [0.2, 0.25) is 12.1 Å². The number of hydrogen-bond acceptors (Lipinski definition) is 3. The molecule has 0 aliphatic carbocycles. The van der Waals surface area contributed by atoms with Crippen LogP contribution in [-0.2, 0) is 8.85 Å².